The van der Waals surface area contributed by atoms with Gasteiger partial charge in [0.25, 0.3) is 0 Å². The van der Waals surface area contributed by atoms with E-state index in [0.717, 1.165) is 13.0 Å². The van der Waals surface area contributed by atoms with Crippen LogP contribution in [0.2, 0.25) is 0 Å². The third kappa shape index (κ3) is 4.08. The van der Waals surface area contributed by atoms with E-state index in [-0.39, 0.29) is 24.0 Å². The van der Waals surface area contributed by atoms with Crippen molar-refractivity contribution in [3.05, 3.63) is 0 Å². The lowest BCUT2D eigenvalue weighted by Gasteiger charge is -2.34. The summed E-state index contributed by atoms with van der Waals surface area (Å²) in [7, 11) is 0. The third-order valence-electron chi connectivity index (χ3n) is 3.44. The average molecular weight is 291 g/mol. The summed E-state index contributed by atoms with van der Waals surface area (Å²) in [6.45, 7) is 7.54. The number of piperidine rings is 1. The van der Waals surface area contributed by atoms with E-state index < -0.39 is 5.60 Å². The van der Waals surface area contributed by atoms with Crippen molar-refractivity contribution < 1.29 is 14.3 Å². The minimum absolute atomic E-state index is 0. The van der Waals surface area contributed by atoms with Gasteiger partial charge >= 0.3 is 6.09 Å². The van der Waals surface area contributed by atoms with Gasteiger partial charge in [0.15, 0.2) is 0 Å². The molecule has 0 aromatic carbocycles. The molecule has 0 aromatic rings. The van der Waals surface area contributed by atoms with E-state index in [9.17, 15) is 9.59 Å². The maximum atomic E-state index is 12.0. The molecular weight excluding hydrogens is 268 g/mol. The Balaban J connectivity index is 0.00000180. The Kier molecular flexibility index (Phi) is 4.85. The number of amides is 1. The first-order valence-electron chi connectivity index (χ1n) is 6.54. The number of carbonyl (C=O) groups is 2. The van der Waals surface area contributed by atoms with Gasteiger partial charge in [-0.3, -0.25) is 4.79 Å². The van der Waals surface area contributed by atoms with Gasteiger partial charge in [0.2, 0.25) is 0 Å². The van der Waals surface area contributed by atoms with Crippen LogP contribution in [-0.4, -0.2) is 47.6 Å². The second-order valence-corrected chi connectivity index (χ2v) is 6.32. The molecule has 110 valence electrons. The zero-order valence-electron chi connectivity index (χ0n) is 11.8. The van der Waals surface area contributed by atoms with Crippen molar-refractivity contribution in [2.45, 2.75) is 51.2 Å². The Hall–Kier alpha value is -0.810. The lowest BCUT2D eigenvalue weighted by molar-refractivity contribution is -0.122. The van der Waals surface area contributed by atoms with Gasteiger partial charge < -0.3 is 15.0 Å². The molecular formula is C13H23ClN2O3. The summed E-state index contributed by atoms with van der Waals surface area (Å²) in [5.41, 5.74) is -0.672. The topological polar surface area (TPSA) is 58.6 Å². The molecule has 2 aliphatic rings. The van der Waals surface area contributed by atoms with Crippen molar-refractivity contribution in [2.24, 2.45) is 0 Å². The zero-order chi connectivity index (χ0) is 13.4. The van der Waals surface area contributed by atoms with Crippen molar-refractivity contribution in [1.29, 1.82) is 0 Å². The summed E-state index contributed by atoms with van der Waals surface area (Å²) >= 11 is 0. The maximum absolute atomic E-state index is 12.0. The van der Waals surface area contributed by atoms with Crippen LogP contribution in [0.3, 0.4) is 0 Å². The quantitative estimate of drug-likeness (QED) is 0.738. The van der Waals surface area contributed by atoms with E-state index in [0.29, 0.717) is 31.7 Å². The highest BCUT2D eigenvalue weighted by atomic mass is 35.5. The van der Waals surface area contributed by atoms with Gasteiger partial charge in [0.1, 0.15) is 11.4 Å². The van der Waals surface area contributed by atoms with E-state index in [2.05, 4.69) is 5.32 Å². The predicted molar refractivity (Wildman–Crippen MR) is 74.6 cm³/mol. The first-order chi connectivity index (χ1) is 8.30. The molecule has 19 heavy (non-hydrogen) atoms. The Morgan fingerprint density at radius 2 is 2.11 bits per heavy atom. The maximum Gasteiger partial charge on any atom is 0.410 e. The van der Waals surface area contributed by atoms with Crippen LogP contribution in [0.15, 0.2) is 0 Å². The summed E-state index contributed by atoms with van der Waals surface area (Å²) in [5.74, 6) is 0.291. The molecule has 0 aromatic heterocycles. The summed E-state index contributed by atoms with van der Waals surface area (Å²) in [4.78, 5) is 25.2. The SMILES string of the molecule is CC(C)(C)OC(=O)N1CCC2(CC(=O)CCN2)C1.Cl. The van der Waals surface area contributed by atoms with Crippen LogP contribution < -0.4 is 5.32 Å². The molecule has 1 unspecified atom stereocenters. The van der Waals surface area contributed by atoms with Crippen molar-refractivity contribution in [2.75, 3.05) is 19.6 Å². The first kappa shape index (κ1) is 16.2. The third-order valence-corrected chi connectivity index (χ3v) is 3.44. The molecule has 0 aliphatic carbocycles. The van der Waals surface area contributed by atoms with E-state index in [1.54, 1.807) is 4.90 Å². The molecule has 0 bridgehead atoms. The molecule has 1 spiro atoms. The second kappa shape index (κ2) is 5.67. The van der Waals surface area contributed by atoms with Crippen LogP contribution in [0.1, 0.15) is 40.0 Å². The van der Waals surface area contributed by atoms with Gasteiger partial charge in [-0.2, -0.15) is 0 Å². The lowest BCUT2D eigenvalue weighted by Crippen LogP contribution is -2.53. The largest absolute Gasteiger partial charge is 0.444 e. The number of Topliss-reactive ketones (excluding diaryl/α,β-unsaturated/α-hetero) is 1. The van der Waals surface area contributed by atoms with Crippen LogP contribution in [-0.2, 0) is 9.53 Å². The molecule has 2 rings (SSSR count). The Labute approximate surface area is 120 Å². The van der Waals surface area contributed by atoms with Gasteiger partial charge in [0, 0.05) is 38.0 Å². The lowest BCUT2D eigenvalue weighted by atomic mass is 9.87. The van der Waals surface area contributed by atoms with Crippen LogP contribution in [0.25, 0.3) is 0 Å². The van der Waals surface area contributed by atoms with E-state index >= 15 is 0 Å². The van der Waals surface area contributed by atoms with Crippen molar-refractivity contribution in [3.8, 4) is 0 Å². The van der Waals surface area contributed by atoms with Crippen molar-refractivity contribution in [1.82, 2.24) is 10.2 Å². The molecule has 1 amide bonds. The number of carbonyl (C=O) groups excluding carboxylic acids is 2. The highest BCUT2D eigenvalue weighted by Crippen LogP contribution is 2.29. The molecule has 6 heteroatoms. The molecule has 2 fully saturated rings. The fraction of sp³-hybridized carbons (Fsp3) is 0.846. The number of hydrogen-bond donors (Lipinski definition) is 1. The molecule has 5 nitrogen and oxygen atoms in total. The molecule has 2 saturated heterocycles. The molecule has 1 atom stereocenters. The molecule has 0 radical (unpaired) electrons. The van der Waals surface area contributed by atoms with E-state index in [1.807, 2.05) is 20.8 Å². The number of rotatable bonds is 0. The summed E-state index contributed by atoms with van der Waals surface area (Å²) in [5, 5.41) is 3.40. The Morgan fingerprint density at radius 1 is 1.42 bits per heavy atom. The Bertz CT molecular complexity index is 367. The van der Waals surface area contributed by atoms with Gasteiger partial charge in [-0.15, -0.1) is 12.4 Å². The van der Waals surface area contributed by atoms with Crippen LogP contribution in [0.4, 0.5) is 4.79 Å². The number of nitrogens with zero attached hydrogens (tertiary/aromatic N) is 1. The molecule has 2 aliphatic heterocycles. The number of halogens is 1. The fourth-order valence-corrected chi connectivity index (χ4v) is 2.64. The highest BCUT2D eigenvalue weighted by Gasteiger charge is 2.43. The van der Waals surface area contributed by atoms with Gasteiger partial charge in [-0.1, -0.05) is 0 Å². The number of likely N-dealkylation sites (tertiary alicyclic amines) is 1. The molecule has 2 heterocycles. The standard InChI is InChI=1S/C13H22N2O3.ClH/c1-12(2,3)18-11(17)15-7-5-13(9-15)8-10(16)4-6-14-13;/h14H,4-9H2,1-3H3;1H. The summed E-state index contributed by atoms with van der Waals surface area (Å²) in [6.07, 6.45) is 1.69. The molecule has 1 N–H and O–H groups in total. The van der Waals surface area contributed by atoms with Crippen LogP contribution in [0.5, 0.6) is 0 Å². The van der Waals surface area contributed by atoms with Gasteiger partial charge in [0.05, 0.1) is 0 Å². The smallest absolute Gasteiger partial charge is 0.410 e. The number of hydrogen-bond acceptors (Lipinski definition) is 4. The number of ketones is 1. The number of ether oxygens (including phenoxy) is 1. The van der Waals surface area contributed by atoms with Gasteiger partial charge in [-0.25, -0.2) is 4.79 Å². The minimum Gasteiger partial charge on any atom is -0.444 e. The zero-order valence-corrected chi connectivity index (χ0v) is 12.6. The van der Waals surface area contributed by atoms with E-state index in [1.165, 1.54) is 0 Å². The summed E-state index contributed by atoms with van der Waals surface area (Å²) in [6, 6.07) is 0. The van der Waals surface area contributed by atoms with Crippen LogP contribution in [0, 0.1) is 0 Å². The van der Waals surface area contributed by atoms with Crippen molar-refractivity contribution >= 4 is 24.3 Å². The summed E-state index contributed by atoms with van der Waals surface area (Å²) < 4.78 is 5.36. The molecule has 0 saturated carbocycles. The minimum atomic E-state index is -0.470. The second-order valence-electron chi connectivity index (χ2n) is 6.32. The van der Waals surface area contributed by atoms with Crippen molar-refractivity contribution in [3.63, 3.8) is 0 Å². The van der Waals surface area contributed by atoms with Crippen LogP contribution >= 0.6 is 12.4 Å². The normalized spacial score (nSPS) is 27.3. The Morgan fingerprint density at radius 3 is 2.68 bits per heavy atom. The van der Waals surface area contributed by atoms with E-state index in [4.69, 9.17) is 4.74 Å². The first-order valence-corrected chi connectivity index (χ1v) is 6.54. The average Bonchev–Trinajstić information content (AvgIpc) is 2.59. The number of nitrogens with one attached hydrogen (secondary N) is 1. The van der Waals surface area contributed by atoms with Gasteiger partial charge in [-0.05, 0) is 27.2 Å². The highest BCUT2D eigenvalue weighted by molar-refractivity contribution is 5.85. The monoisotopic (exact) mass is 290 g/mol. The predicted octanol–water partition coefficient (Wildman–Crippen LogP) is 1.74. The fourth-order valence-electron chi connectivity index (χ4n) is 2.64.